The Labute approximate surface area is 177 Å². The molecule has 1 atom stereocenters. The maximum absolute atomic E-state index is 14.2. The van der Waals surface area contributed by atoms with Crippen LogP contribution in [0, 0.1) is 29.0 Å². The lowest BCUT2D eigenvalue weighted by atomic mass is 9.79. The molecule has 0 amide bonds. The number of hydrogen-bond acceptors (Lipinski definition) is 5. The van der Waals surface area contributed by atoms with Gasteiger partial charge in [0, 0.05) is 24.8 Å². The highest BCUT2D eigenvalue weighted by Gasteiger charge is 2.32. The fourth-order valence-electron chi connectivity index (χ4n) is 4.59. The predicted octanol–water partition coefficient (Wildman–Crippen LogP) is 5.38. The molecule has 6 heteroatoms. The SMILES string of the molecule is COc1cc(C2CCC(COc3cc(C(CC#N)C4CC4)ccn3)CC2)c(F)cn1. The molecular weight excluding hydrogens is 381 g/mol. The fraction of sp³-hybridized carbons (Fsp3) is 0.542. The van der Waals surface area contributed by atoms with E-state index in [4.69, 9.17) is 14.7 Å². The Morgan fingerprint density at radius 3 is 2.63 bits per heavy atom. The second-order valence-electron chi connectivity index (χ2n) is 8.51. The van der Waals surface area contributed by atoms with Crippen LogP contribution in [0.3, 0.4) is 0 Å². The molecule has 2 heterocycles. The molecule has 158 valence electrons. The molecule has 2 aromatic heterocycles. The molecule has 0 aliphatic heterocycles. The minimum absolute atomic E-state index is 0.199. The van der Waals surface area contributed by atoms with Gasteiger partial charge in [-0.05, 0) is 79.4 Å². The van der Waals surface area contributed by atoms with Gasteiger partial charge in [-0.1, -0.05) is 0 Å². The summed E-state index contributed by atoms with van der Waals surface area (Å²) < 4.78 is 25.4. The van der Waals surface area contributed by atoms with Crippen LogP contribution in [-0.4, -0.2) is 23.7 Å². The molecule has 4 rings (SSSR count). The highest BCUT2D eigenvalue weighted by atomic mass is 19.1. The first-order chi connectivity index (χ1) is 14.7. The van der Waals surface area contributed by atoms with Crippen molar-refractivity contribution < 1.29 is 13.9 Å². The first-order valence-electron chi connectivity index (χ1n) is 10.8. The van der Waals surface area contributed by atoms with Crippen LogP contribution in [0.1, 0.15) is 67.9 Å². The third-order valence-electron chi connectivity index (χ3n) is 6.51. The van der Waals surface area contributed by atoms with Crippen LogP contribution < -0.4 is 9.47 Å². The van der Waals surface area contributed by atoms with Crippen molar-refractivity contribution in [2.24, 2.45) is 11.8 Å². The lowest BCUT2D eigenvalue weighted by Gasteiger charge is -2.29. The van der Waals surface area contributed by atoms with Gasteiger partial charge in [0.1, 0.15) is 5.82 Å². The summed E-state index contributed by atoms with van der Waals surface area (Å²) >= 11 is 0. The van der Waals surface area contributed by atoms with E-state index in [0.29, 0.717) is 48.1 Å². The van der Waals surface area contributed by atoms with E-state index in [0.717, 1.165) is 31.2 Å². The molecule has 30 heavy (non-hydrogen) atoms. The number of nitrogens with zero attached hydrogens (tertiary/aromatic N) is 3. The van der Waals surface area contributed by atoms with E-state index in [1.54, 1.807) is 19.4 Å². The Balaban J connectivity index is 1.31. The van der Waals surface area contributed by atoms with Crippen molar-refractivity contribution in [2.75, 3.05) is 13.7 Å². The van der Waals surface area contributed by atoms with Crippen LogP contribution in [0.4, 0.5) is 4.39 Å². The van der Waals surface area contributed by atoms with E-state index >= 15 is 0 Å². The van der Waals surface area contributed by atoms with Crippen molar-refractivity contribution in [1.29, 1.82) is 5.26 Å². The average molecular weight is 410 g/mol. The summed E-state index contributed by atoms with van der Waals surface area (Å²) in [5, 5.41) is 9.14. The summed E-state index contributed by atoms with van der Waals surface area (Å²) in [5.74, 6) is 2.41. The summed E-state index contributed by atoms with van der Waals surface area (Å²) in [6.07, 6.45) is 9.85. The Morgan fingerprint density at radius 2 is 1.93 bits per heavy atom. The van der Waals surface area contributed by atoms with Crippen molar-refractivity contribution >= 4 is 0 Å². The third kappa shape index (κ3) is 4.89. The number of aromatic nitrogens is 2. The van der Waals surface area contributed by atoms with Crippen LogP contribution in [0.25, 0.3) is 0 Å². The third-order valence-corrected chi connectivity index (χ3v) is 6.51. The molecule has 0 aromatic carbocycles. The van der Waals surface area contributed by atoms with Crippen molar-refractivity contribution in [3.63, 3.8) is 0 Å². The van der Waals surface area contributed by atoms with Gasteiger partial charge in [0.15, 0.2) is 0 Å². The number of rotatable bonds is 8. The largest absolute Gasteiger partial charge is 0.481 e. The topological polar surface area (TPSA) is 68.0 Å². The van der Waals surface area contributed by atoms with Gasteiger partial charge in [-0.3, -0.25) is 0 Å². The number of halogens is 1. The molecule has 2 aliphatic rings. The van der Waals surface area contributed by atoms with Gasteiger partial charge < -0.3 is 9.47 Å². The minimum atomic E-state index is -0.251. The number of nitriles is 1. The van der Waals surface area contributed by atoms with Crippen molar-refractivity contribution in [2.45, 2.75) is 56.8 Å². The van der Waals surface area contributed by atoms with E-state index in [9.17, 15) is 4.39 Å². The van der Waals surface area contributed by atoms with Crippen molar-refractivity contribution in [3.8, 4) is 17.8 Å². The Kier molecular flexibility index (Phi) is 6.47. The highest BCUT2D eigenvalue weighted by molar-refractivity contribution is 5.27. The first-order valence-corrected chi connectivity index (χ1v) is 10.8. The zero-order valence-electron chi connectivity index (χ0n) is 17.4. The molecule has 0 saturated heterocycles. The van der Waals surface area contributed by atoms with Crippen LogP contribution in [0.15, 0.2) is 30.6 Å². The zero-order valence-corrected chi connectivity index (χ0v) is 17.4. The van der Waals surface area contributed by atoms with E-state index in [2.05, 4.69) is 16.0 Å². The molecule has 5 nitrogen and oxygen atoms in total. The van der Waals surface area contributed by atoms with Gasteiger partial charge in [0.2, 0.25) is 11.8 Å². The maximum atomic E-state index is 14.2. The predicted molar refractivity (Wildman–Crippen MR) is 111 cm³/mol. The summed E-state index contributed by atoms with van der Waals surface area (Å²) in [7, 11) is 1.55. The number of methoxy groups -OCH3 is 1. The van der Waals surface area contributed by atoms with E-state index in [1.807, 2.05) is 12.1 Å². The van der Waals surface area contributed by atoms with Gasteiger partial charge >= 0.3 is 0 Å². The minimum Gasteiger partial charge on any atom is -0.481 e. The van der Waals surface area contributed by atoms with E-state index in [-0.39, 0.29) is 11.7 Å². The van der Waals surface area contributed by atoms with Gasteiger partial charge in [0.05, 0.1) is 26.0 Å². The highest BCUT2D eigenvalue weighted by Crippen LogP contribution is 2.44. The summed E-state index contributed by atoms with van der Waals surface area (Å²) in [6.45, 7) is 0.623. The van der Waals surface area contributed by atoms with Gasteiger partial charge in [-0.25, -0.2) is 14.4 Å². The Morgan fingerprint density at radius 1 is 1.13 bits per heavy atom. The molecule has 2 fully saturated rings. The molecule has 2 aliphatic carbocycles. The van der Waals surface area contributed by atoms with Gasteiger partial charge in [-0.15, -0.1) is 0 Å². The molecule has 0 N–H and O–H groups in total. The van der Waals surface area contributed by atoms with Crippen molar-refractivity contribution in [1.82, 2.24) is 9.97 Å². The van der Waals surface area contributed by atoms with Crippen molar-refractivity contribution in [3.05, 3.63) is 47.5 Å². The second kappa shape index (κ2) is 9.42. The summed E-state index contributed by atoms with van der Waals surface area (Å²) in [4.78, 5) is 8.30. The molecular formula is C24H28FN3O2. The van der Waals surface area contributed by atoms with Crippen LogP contribution >= 0.6 is 0 Å². The molecule has 2 aromatic rings. The average Bonchev–Trinajstić information content (AvgIpc) is 3.62. The standard InChI is InChI=1S/C24H28FN3O2/c1-29-23-13-21(22(25)14-28-23)18-4-2-16(3-5-18)15-30-24-12-19(9-11-27-24)20(8-10-26)17-6-7-17/h9,11-14,16-18,20H,2-8,15H2,1H3. The number of pyridine rings is 2. The Bertz CT molecular complexity index is 902. The lowest BCUT2D eigenvalue weighted by Crippen LogP contribution is -2.20. The normalized spacial score (nSPS) is 22.2. The molecule has 0 bridgehead atoms. The fourth-order valence-corrected chi connectivity index (χ4v) is 4.59. The van der Waals surface area contributed by atoms with E-state index in [1.165, 1.54) is 19.0 Å². The van der Waals surface area contributed by atoms with Crippen LogP contribution in [0.5, 0.6) is 11.8 Å². The molecule has 0 spiro atoms. The van der Waals surface area contributed by atoms with Crippen LogP contribution in [0.2, 0.25) is 0 Å². The monoisotopic (exact) mass is 409 g/mol. The number of hydrogen-bond donors (Lipinski definition) is 0. The van der Waals surface area contributed by atoms with Crippen LogP contribution in [-0.2, 0) is 0 Å². The maximum Gasteiger partial charge on any atom is 0.213 e. The van der Waals surface area contributed by atoms with Gasteiger partial charge in [-0.2, -0.15) is 5.26 Å². The summed E-state index contributed by atoms with van der Waals surface area (Å²) in [6, 6.07) is 8.06. The molecule has 0 radical (unpaired) electrons. The quantitative estimate of drug-likeness (QED) is 0.585. The van der Waals surface area contributed by atoms with Gasteiger partial charge in [0.25, 0.3) is 0 Å². The first kappa shape index (κ1) is 20.6. The molecule has 2 saturated carbocycles. The smallest absolute Gasteiger partial charge is 0.213 e. The summed E-state index contributed by atoms with van der Waals surface area (Å²) in [5.41, 5.74) is 1.87. The van der Waals surface area contributed by atoms with E-state index < -0.39 is 0 Å². The zero-order chi connectivity index (χ0) is 20.9. The Hall–Kier alpha value is -2.68. The number of ether oxygens (including phenoxy) is 2. The second-order valence-corrected chi connectivity index (χ2v) is 8.51. The lowest BCUT2D eigenvalue weighted by molar-refractivity contribution is 0.193. The molecule has 1 unspecified atom stereocenters.